The number of nitrogens with zero attached hydrogens (tertiary/aromatic N) is 4. The minimum absolute atomic E-state index is 0.00122. The van der Waals surface area contributed by atoms with Crippen molar-refractivity contribution in [1.82, 2.24) is 20.2 Å². The maximum atomic E-state index is 11.0. The summed E-state index contributed by atoms with van der Waals surface area (Å²) in [5.74, 6) is -0.115. The lowest BCUT2D eigenvalue weighted by atomic mass is 10.0. The summed E-state index contributed by atoms with van der Waals surface area (Å²) in [5, 5.41) is 20.8. The number of aromatic nitrogens is 4. The Labute approximate surface area is 128 Å². The number of carbonyl (C=O) groups is 1. The van der Waals surface area contributed by atoms with Crippen LogP contribution in [0.2, 0.25) is 0 Å². The van der Waals surface area contributed by atoms with Crippen molar-refractivity contribution in [3.8, 4) is 10.7 Å². The van der Waals surface area contributed by atoms with Crippen molar-refractivity contribution in [2.75, 3.05) is 0 Å². The average molecular weight is 359 g/mol. The molecule has 1 unspecified atom stereocenters. The molecular weight excluding hydrogens is 344 g/mol. The summed E-state index contributed by atoms with van der Waals surface area (Å²) in [4.78, 5) is 12.0. The molecule has 0 aromatic carbocycles. The van der Waals surface area contributed by atoms with Crippen LogP contribution in [0, 0.1) is 12.8 Å². The maximum absolute atomic E-state index is 11.0. The van der Waals surface area contributed by atoms with Gasteiger partial charge in [-0.25, -0.2) is 4.68 Å². The molecule has 0 bridgehead atoms. The average Bonchev–Trinajstić information content (AvgIpc) is 2.93. The van der Waals surface area contributed by atoms with Crippen LogP contribution in [-0.4, -0.2) is 31.3 Å². The highest BCUT2D eigenvalue weighted by atomic mass is 79.9. The van der Waals surface area contributed by atoms with E-state index >= 15 is 0 Å². The zero-order valence-corrected chi connectivity index (χ0v) is 13.8. The normalized spacial score (nSPS) is 12.8. The number of carboxylic acids is 1. The Bertz CT molecular complexity index is 603. The Morgan fingerprint density at radius 1 is 1.55 bits per heavy atom. The fraction of sp³-hybridized carbons (Fsp3) is 0.500. The SMILES string of the molecule is Cc1cc(-c2nnnn2C(CC(=O)O)C(C)C)sc1Br. The second kappa shape index (κ2) is 6.01. The smallest absolute Gasteiger partial charge is 0.305 e. The summed E-state index contributed by atoms with van der Waals surface area (Å²) in [6.45, 7) is 5.93. The minimum atomic E-state index is -0.853. The van der Waals surface area contributed by atoms with E-state index in [0.29, 0.717) is 5.82 Å². The number of aliphatic carboxylic acids is 1. The highest BCUT2D eigenvalue weighted by Gasteiger charge is 2.25. The molecule has 0 aliphatic heterocycles. The van der Waals surface area contributed by atoms with E-state index in [1.807, 2.05) is 26.8 Å². The summed E-state index contributed by atoms with van der Waals surface area (Å²) in [6, 6.07) is 1.73. The number of tetrazole rings is 1. The fourth-order valence-corrected chi connectivity index (χ4v) is 3.44. The van der Waals surface area contributed by atoms with Crippen LogP contribution in [0.4, 0.5) is 0 Å². The van der Waals surface area contributed by atoms with E-state index in [9.17, 15) is 4.79 Å². The molecule has 2 heterocycles. The van der Waals surface area contributed by atoms with Gasteiger partial charge in [-0.05, 0) is 50.8 Å². The van der Waals surface area contributed by atoms with Gasteiger partial charge < -0.3 is 5.11 Å². The van der Waals surface area contributed by atoms with Gasteiger partial charge in [-0.3, -0.25) is 4.79 Å². The van der Waals surface area contributed by atoms with Gasteiger partial charge in [0.05, 0.1) is 21.1 Å². The Kier molecular flexibility index (Phi) is 4.54. The summed E-state index contributed by atoms with van der Waals surface area (Å²) in [6.07, 6.45) is 0.00122. The van der Waals surface area contributed by atoms with Gasteiger partial charge >= 0.3 is 5.97 Å². The van der Waals surface area contributed by atoms with Crippen molar-refractivity contribution in [3.05, 3.63) is 15.4 Å². The number of thiophene rings is 1. The molecule has 0 fully saturated rings. The molecule has 108 valence electrons. The van der Waals surface area contributed by atoms with Crippen LogP contribution in [0.5, 0.6) is 0 Å². The van der Waals surface area contributed by atoms with Gasteiger partial charge in [-0.2, -0.15) is 0 Å². The molecule has 2 aromatic heterocycles. The predicted octanol–water partition coefficient (Wildman–Crippen LogP) is 3.14. The molecule has 8 heteroatoms. The van der Waals surface area contributed by atoms with Crippen molar-refractivity contribution < 1.29 is 9.90 Å². The van der Waals surface area contributed by atoms with Crippen LogP contribution in [0.15, 0.2) is 9.85 Å². The Hall–Kier alpha value is -1.28. The molecule has 1 atom stereocenters. The molecule has 0 aliphatic carbocycles. The molecule has 0 spiro atoms. The van der Waals surface area contributed by atoms with E-state index in [1.54, 1.807) is 16.0 Å². The summed E-state index contributed by atoms with van der Waals surface area (Å²) < 4.78 is 2.65. The number of halogens is 1. The Morgan fingerprint density at radius 2 is 2.25 bits per heavy atom. The quantitative estimate of drug-likeness (QED) is 0.887. The fourth-order valence-electron chi connectivity index (χ4n) is 1.93. The summed E-state index contributed by atoms with van der Waals surface area (Å²) in [7, 11) is 0. The molecule has 2 rings (SSSR count). The van der Waals surface area contributed by atoms with Gasteiger partial charge in [-0.15, -0.1) is 16.4 Å². The minimum Gasteiger partial charge on any atom is -0.481 e. The van der Waals surface area contributed by atoms with Crippen molar-refractivity contribution >= 4 is 33.2 Å². The Balaban J connectivity index is 2.42. The molecule has 6 nitrogen and oxygen atoms in total. The zero-order chi connectivity index (χ0) is 14.9. The second-order valence-electron chi connectivity index (χ2n) is 4.92. The monoisotopic (exact) mass is 358 g/mol. The number of hydrogen-bond acceptors (Lipinski definition) is 5. The van der Waals surface area contributed by atoms with E-state index in [2.05, 4.69) is 31.5 Å². The number of aryl methyl sites for hydroxylation is 1. The molecule has 0 saturated carbocycles. The zero-order valence-electron chi connectivity index (χ0n) is 11.4. The first kappa shape index (κ1) is 15.1. The van der Waals surface area contributed by atoms with E-state index < -0.39 is 5.97 Å². The number of rotatable bonds is 5. The van der Waals surface area contributed by atoms with Gasteiger partial charge in [0.2, 0.25) is 0 Å². The van der Waals surface area contributed by atoms with Gasteiger partial charge in [0.25, 0.3) is 0 Å². The lowest BCUT2D eigenvalue weighted by molar-refractivity contribution is -0.138. The van der Waals surface area contributed by atoms with Gasteiger partial charge in [-0.1, -0.05) is 13.8 Å². The topological polar surface area (TPSA) is 80.9 Å². The number of carboxylic acid groups (broad SMARTS) is 1. The highest BCUT2D eigenvalue weighted by Crippen LogP contribution is 2.35. The predicted molar refractivity (Wildman–Crippen MR) is 79.7 cm³/mol. The molecule has 20 heavy (non-hydrogen) atoms. The molecule has 1 N–H and O–H groups in total. The van der Waals surface area contributed by atoms with Crippen molar-refractivity contribution in [2.24, 2.45) is 5.92 Å². The van der Waals surface area contributed by atoms with Gasteiger partial charge in [0.15, 0.2) is 5.82 Å². The first-order valence-corrected chi connectivity index (χ1v) is 7.77. The van der Waals surface area contributed by atoms with E-state index in [1.165, 1.54) is 0 Å². The van der Waals surface area contributed by atoms with Crippen molar-refractivity contribution in [3.63, 3.8) is 0 Å². The van der Waals surface area contributed by atoms with Gasteiger partial charge in [0.1, 0.15) is 0 Å². The highest BCUT2D eigenvalue weighted by molar-refractivity contribution is 9.11. The summed E-state index contributed by atoms with van der Waals surface area (Å²) >= 11 is 5.02. The van der Waals surface area contributed by atoms with Crippen LogP contribution < -0.4 is 0 Å². The van der Waals surface area contributed by atoms with Crippen LogP contribution >= 0.6 is 27.3 Å². The molecule has 0 saturated heterocycles. The number of hydrogen-bond donors (Lipinski definition) is 1. The third-order valence-electron chi connectivity index (χ3n) is 3.04. The second-order valence-corrected chi connectivity index (χ2v) is 7.29. The third kappa shape index (κ3) is 3.06. The maximum Gasteiger partial charge on any atom is 0.305 e. The molecule has 0 amide bonds. The van der Waals surface area contributed by atoms with Crippen LogP contribution in [0.25, 0.3) is 10.7 Å². The largest absolute Gasteiger partial charge is 0.481 e. The first-order valence-electron chi connectivity index (χ1n) is 6.16. The molecule has 2 aromatic rings. The molecular formula is C12H15BrN4O2S. The lowest BCUT2D eigenvalue weighted by Crippen LogP contribution is -2.21. The van der Waals surface area contributed by atoms with Crippen LogP contribution in [-0.2, 0) is 4.79 Å². The van der Waals surface area contributed by atoms with E-state index in [0.717, 1.165) is 14.2 Å². The van der Waals surface area contributed by atoms with Crippen molar-refractivity contribution in [1.29, 1.82) is 0 Å². The van der Waals surface area contributed by atoms with Crippen molar-refractivity contribution in [2.45, 2.75) is 33.2 Å². The Morgan fingerprint density at radius 3 is 2.75 bits per heavy atom. The lowest BCUT2D eigenvalue weighted by Gasteiger charge is -2.19. The van der Waals surface area contributed by atoms with Gasteiger partial charge in [0, 0.05) is 0 Å². The van der Waals surface area contributed by atoms with Crippen LogP contribution in [0.3, 0.4) is 0 Å². The third-order valence-corrected chi connectivity index (χ3v) is 5.17. The van der Waals surface area contributed by atoms with E-state index in [4.69, 9.17) is 5.11 Å². The summed E-state index contributed by atoms with van der Waals surface area (Å²) in [5.41, 5.74) is 1.11. The first-order chi connectivity index (χ1) is 9.40. The molecule has 0 aliphatic rings. The van der Waals surface area contributed by atoms with Crippen LogP contribution in [0.1, 0.15) is 31.9 Å². The standard InChI is InChI=1S/C12H15BrN4O2S/c1-6(2)8(5-10(18)19)17-12(14-15-16-17)9-4-7(3)11(13)20-9/h4,6,8H,5H2,1-3H3,(H,18,19). The molecule has 0 radical (unpaired) electrons. The van der Waals surface area contributed by atoms with E-state index in [-0.39, 0.29) is 18.4 Å².